The van der Waals surface area contributed by atoms with Crippen LogP contribution < -0.4 is 10.1 Å². The van der Waals surface area contributed by atoms with Gasteiger partial charge in [0, 0.05) is 16.9 Å². The molecule has 4 heteroatoms. The van der Waals surface area contributed by atoms with Gasteiger partial charge in [0.1, 0.15) is 18.3 Å². The summed E-state index contributed by atoms with van der Waals surface area (Å²) in [6.45, 7) is 2.54. The summed E-state index contributed by atoms with van der Waals surface area (Å²) in [4.78, 5) is 12.2. The van der Waals surface area contributed by atoms with E-state index in [2.05, 4.69) is 28.2 Å². The summed E-state index contributed by atoms with van der Waals surface area (Å²) >= 11 is 3.41. The van der Waals surface area contributed by atoms with Crippen molar-refractivity contribution in [2.24, 2.45) is 0 Å². The van der Waals surface area contributed by atoms with Crippen molar-refractivity contribution < 1.29 is 9.53 Å². The molecule has 98 valence electrons. The zero-order valence-corrected chi connectivity index (χ0v) is 12.1. The second kappa shape index (κ2) is 6.23. The fraction of sp³-hybridized carbons (Fsp3) is 0.500. The molecule has 1 aromatic carbocycles. The van der Waals surface area contributed by atoms with E-state index < -0.39 is 0 Å². The van der Waals surface area contributed by atoms with Crippen molar-refractivity contribution in [2.75, 3.05) is 11.9 Å². The molecule has 2 unspecified atom stereocenters. The third-order valence-electron chi connectivity index (χ3n) is 3.31. The molecule has 0 bridgehead atoms. The number of hydrogen-bond donors (Lipinski definition) is 1. The molecule has 2 rings (SSSR count). The molecule has 18 heavy (non-hydrogen) atoms. The molecule has 1 aliphatic heterocycles. The molecule has 0 aliphatic carbocycles. The van der Waals surface area contributed by atoms with E-state index >= 15 is 0 Å². The topological polar surface area (TPSA) is 38.3 Å². The summed E-state index contributed by atoms with van der Waals surface area (Å²) in [6.07, 6.45) is 1.91. The molecule has 1 aromatic rings. The molecular weight excluding hydrogens is 294 g/mol. The molecule has 1 N–H and O–H groups in total. The summed E-state index contributed by atoms with van der Waals surface area (Å²) in [5.74, 6) is 0.754. The molecule has 1 aliphatic rings. The van der Waals surface area contributed by atoms with Crippen LogP contribution in [0.3, 0.4) is 0 Å². The van der Waals surface area contributed by atoms with E-state index in [1.54, 1.807) is 0 Å². The van der Waals surface area contributed by atoms with Crippen molar-refractivity contribution in [3.8, 4) is 5.75 Å². The van der Waals surface area contributed by atoms with Crippen molar-refractivity contribution in [1.29, 1.82) is 0 Å². The number of carbonyl (C=O) groups is 1. The Hall–Kier alpha value is -1.03. The number of para-hydroxylation sites is 1. The third-order valence-corrected chi connectivity index (χ3v) is 3.77. The number of hydrogen-bond acceptors (Lipinski definition) is 2. The maximum absolute atomic E-state index is 12.2. The Bertz CT molecular complexity index is 422. The van der Waals surface area contributed by atoms with E-state index in [9.17, 15) is 4.79 Å². The highest BCUT2D eigenvalue weighted by atomic mass is 79.9. The molecule has 0 fully saturated rings. The Morgan fingerprint density at radius 3 is 3.06 bits per heavy atom. The molecule has 1 heterocycles. The number of nitrogens with one attached hydrogen (secondary N) is 1. The number of halogens is 1. The van der Waals surface area contributed by atoms with Gasteiger partial charge in [0.2, 0.25) is 5.91 Å². The summed E-state index contributed by atoms with van der Waals surface area (Å²) in [5, 5.41) is 4.01. The van der Waals surface area contributed by atoms with Crippen molar-refractivity contribution >= 4 is 21.8 Å². The number of fused-ring (bicyclic) bond motifs is 1. The van der Waals surface area contributed by atoms with Crippen LogP contribution in [0, 0.1) is 0 Å². The first-order valence-electron chi connectivity index (χ1n) is 6.34. The normalized spacial score (nSPS) is 18.9. The number of rotatable bonds is 5. The van der Waals surface area contributed by atoms with Crippen LogP contribution in [0.25, 0.3) is 0 Å². The van der Waals surface area contributed by atoms with Gasteiger partial charge in [0.25, 0.3) is 0 Å². The lowest BCUT2D eigenvalue weighted by atomic mass is 10.00. The maximum Gasteiger partial charge on any atom is 0.231 e. The summed E-state index contributed by atoms with van der Waals surface area (Å²) < 4.78 is 5.54. The van der Waals surface area contributed by atoms with Crippen LogP contribution in [0.4, 0.5) is 0 Å². The minimum absolute atomic E-state index is 0.0766. The highest BCUT2D eigenvalue weighted by Crippen LogP contribution is 2.33. The van der Waals surface area contributed by atoms with Gasteiger partial charge in [-0.3, -0.25) is 4.79 Å². The first-order chi connectivity index (χ1) is 8.76. The minimum atomic E-state index is -0.162. The zero-order chi connectivity index (χ0) is 13.0. The van der Waals surface area contributed by atoms with Crippen LogP contribution in [0.5, 0.6) is 5.75 Å². The fourth-order valence-electron chi connectivity index (χ4n) is 2.19. The molecule has 0 saturated heterocycles. The summed E-state index contributed by atoms with van der Waals surface area (Å²) in [6, 6.07) is 8.00. The highest BCUT2D eigenvalue weighted by molar-refractivity contribution is 9.09. The first-order valence-corrected chi connectivity index (χ1v) is 7.46. The van der Waals surface area contributed by atoms with Gasteiger partial charge in [-0.05, 0) is 18.9 Å². The number of ether oxygens (including phenoxy) is 1. The zero-order valence-electron chi connectivity index (χ0n) is 10.5. The quantitative estimate of drug-likeness (QED) is 0.849. The van der Waals surface area contributed by atoms with Crippen molar-refractivity contribution in [1.82, 2.24) is 5.32 Å². The minimum Gasteiger partial charge on any atom is -0.492 e. The second-order valence-electron chi connectivity index (χ2n) is 4.49. The standard InChI is InChI=1S/C14H18BrNO2/c1-2-10(7-8-15)16-14(17)12-9-18-13-6-4-3-5-11(12)13/h3-6,10,12H,2,7-9H2,1H3,(H,16,17). The van der Waals surface area contributed by atoms with E-state index in [1.807, 2.05) is 24.3 Å². The molecule has 0 aromatic heterocycles. The van der Waals surface area contributed by atoms with Crippen LogP contribution in [-0.2, 0) is 4.79 Å². The van der Waals surface area contributed by atoms with E-state index in [1.165, 1.54) is 0 Å². The van der Waals surface area contributed by atoms with Crippen LogP contribution in [-0.4, -0.2) is 23.9 Å². The molecule has 0 radical (unpaired) electrons. The molecule has 0 spiro atoms. The van der Waals surface area contributed by atoms with Crippen LogP contribution in [0.1, 0.15) is 31.2 Å². The number of amides is 1. The lowest BCUT2D eigenvalue weighted by Gasteiger charge is -2.18. The molecule has 2 atom stereocenters. The van der Waals surface area contributed by atoms with Crippen molar-refractivity contribution in [3.63, 3.8) is 0 Å². The third kappa shape index (κ3) is 2.86. The fourth-order valence-corrected chi connectivity index (χ4v) is 2.74. The van der Waals surface area contributed by atoms with Crippen LogP contribution >= 0.6 is 15.9 Å². The average molecular weight is 312 g/mol. The molecule has 0 saturated carbocycles. The Morgan fingerprint density at radius 2 is 2.33 bits per heavy atom. The number of alkyl halides is 1. The first kappa shape index (κ1) is 13.4. The predicted molar refractivity (Wildman–Crippen MR) is 75.3 cm³/mol. The number of carbonyl (C=O) groups excluding carboxylic acids is 1. The average Bonchev–Trinajstić information content (AvgIpc) is 2.82. The summed E-state index contributed by atoms with van der Waals surface area (Å²) in [5.41, 5.74) is 1.00. The molecular formula is C14H18BrNO2. The lowest BCUT2D eigenvalue weighted by Crippen LogP contribution is -2.38. The van der Waals surface area contributed by atoms with Gasteiger partial charge in [0.15, 0.2) is 0 Å². The van der Waals surface area contributed by atoms with Crippen LogP contribution in [0.15, 0.2) is 24.3 Å². The molecule has 3 nitrogen and oxygen atoms in total. The largest absolute Gasteiger partial charge is 0.492 e. The van der Waals surface area contributed by atoms with Gasteiger partial charge < -0.3 is 10.1 Å². The van der Waals surface area contributed by atoms with Crippen molar-refractivity contribution in [3.05, 3.63) is 29.8 Å². The van der Waals surface area contributed by atoms with Crippen molar-refractivity contribution in [2.45, 2.75) is 31.7 Å². The second-order valence-corrected chi connectivity index (χ2v) is 5.29. The molecule has 1 amide bonds. The SMILES string of the molecule is CCC(CCBr)NC(=O)C1COc2ccccc21. The Balaban J connectivity index is 2.03. The predicted octanol–water partition coefficient (Wildman–Crippen LogP) is 2.84. The van der Waals surface area contributed by atoms with Gasteiger partial charge in [-0.15, -0.1) is 0 Å². The van der Waals surface area contributed by atoms with Gasteiger partial charge >= 0.3 is 0 Å². The highest BCUT2D eigenvalue weighted by Gasteiger charge is 2.30. The van der Waals surface area contributed by atoms with Gasteiger partial charge in [-0.2, -0.15) is 0 Å². The Labute approximate surface area is 116 Å². The van der Waals surface area contributed by atoms with E-state index in [-0.39, 0.29) is 17.9 Å². The van der Waals surface area contributed by atoms with E-state index in [0.29, 0.717) is 6.61 Å². The number of benzene rings is 1. The van der Waals surface area contributed by atoms with Crippen LogP contribution in [0.2, 0.25) is 0 Å². The van der Waals surface area contributed by atoms with E-state index in [0.717, 1.165) is 29.5 Å². The maximum atomic E-state index is 12.2. The monoisotopic (exact) mass is 311 g/mol. The van der Waals surface area contributed by atoms with Gasteiger partial charge in [-0.1, -0.05) is 41.1 Å². The summed E-state index contributed by atoms with van der Waals surface area (Å²) in [7, 11) is 0. The lowest BCUT2D eigenvalue weighted by molar-refractivity contribution is -0.123. The smallest absolute Gasteiger partial charge is 0.231 e. The van der Waals surface area contributed by atoms with E-state index in [4.69, 9.17) is 4.74 Å². The van der Waals surface area contributed by atoms with Gasteiger partial charge in [-0.25, -0.2) is 0 Å². The van der Waals surface area contributed by atoms with Gasteiger partial charge in [0.05, 0.1) is 0 Å². The Kier molecular flexibility index (Phi) is 4.64. The Morgan fingerprint density at radius 1 is 1.56 bits per heavy atom.